The van der Waals surface area contributed by atoms with Crippen molar-refractivity contribution in [2.45, 2.75) is 75.4 Å². The van der Waals surface area contributed by atoms with Crippen LogP contribution in [0.25, 0.3) is 0 Å². The molecule has 3 rings (SSSR count). The van der Waals surface area contributed by atoms with Crippen LogP contribution in [0.4, 0.5) is 0 Å². The fourth-order valence-electron chi connectivity index (χ4n) is 4.74. The van der Waals surface area contributed by atoms with Gasteiger partial charge in [-0.05, 0) is 65.5 Å². The Balaban J connectivity index is 1.48. The monoisotopic (exact) mass is 391 g/mol. The summed E-state index contributed by atoms with van der Waals surface area (Å²) >= 11 is 6.37. The van der Waals surface area contributed by atoms with E-state index >= 15 is 0 Å². The van der Waals surface area contributed by atoms with Crippen LogP contribution in [0.1, 0.15) is 51.9 Å². The number of fused-ring (bicyclic) bond motifs is 1. The number of halogens is 1. The third kappa shape index (κ3) is 5.48. The molecule has 3 atom stereocenters. The minimum atomic E-state index is 0.296. The summed E-state index contributed by atoms with van der Waals surface area (Å²) in [5.41, 5.74) is 0. The van der Waals surface area contributed by atoms with E-state index < -0.39 is 0 Å². The first-order valence-corrected chi connectivity index (χ1v) is 11.1. The van der Waals surface area contributed by atoms with Crippen molar-refractivity contribution in [3.63, 3.8) is 0 Å². The molecule has 0 aromatic carbocycles. The summed E-state index contributed by atoms with van der Waals surface area (Å²) in [6, 6.07) is 1.22. The molecule has 3 unspecified atom stereocenters. The van der Waals surface area contributed by atoms with Crippen LogP contribution in [0.2, 0.25) is 0 Å². The Morgan fingerprint density at radius 2 is 1.78 bits per heavy atom. The predicted molar refractivity (Wildman–Crippen MR) is 115 cm³/mol. The molecule has 2 fully saturated rings. The molecule has 0 amide bonds. The lowest BCUT2D eigenvalue weighted by Crippen LogP contribution is -2.38. The van der Waals surface area contributed by atoms with Crippen molar-refractivity contribution in [2.75, 3.05) is 20.6 Å². The van der Waals surface area contributed by atoms with Gasteiger partial charge < -0.3 is 9.64 Å². The molecule has 1 heterocycles. The van der Waals surface area contributed by atoms with Gasteiger partial charge in [-0.25, -0.2) is 0 Å². The standard InChI is InChI=1S/C23H36ClN2O/c1-4-26-21-17-19(24)13-16-22(21)27-23(26)10-8-6-5-7-9-18-11-14-20(15-12-18)25(2)3/h5-10,18-22H,4,11-17H2,1-3H3/q+1. The van der Waals surface area contributed by atoms with Crippen molar-refractivity contribution in [1.29, 1.82) is 0 Å². The number of alkyl halides is 1. The first kappa shape index (κ1) is 20.7. The Kier molecular flexibility index (Phi) is 7.60. The van der Waals surface area contributed by atoms with Crippen LogP contribution in [0.5, 0.6) is 0 Å². The van der Waals surface area contributed by atoms with Crippen LogP contribution in [0, 0.1) is 5.92 Å². The van der Waals surface area contributed by atoms with Crippen molar-refractivity contribution in [1.82, 2.24) is 4.90 Å². The Hall–Kier alpha value is -1.06. The molecule has 0 N–H and O–H groups in total. The third-order valence-corrected chi connectivity index (χ3v) is 6.81. The molecule has 0 radical (unpaired) electrons. The largest absolute Gasteiger partial charge is 0.434 e. The van der Waals surface area contributed by atoms with Gasteiger partial charge in [0.15, 0.2) is 12.1 Å². The van der Waals surface area contributed by atoms with Gasteiger partial charge in [0.05, 0.1) is 0 Å². The molecule has 0 spiro atoms. The van der Waals surface area contributed by atoms with E-state index in [1.54, 1.807) is 0 Å². The maximum absolute atomic E-state index is 6.37. The Morgan fingerprint density at radius 1 is 1.04 bits per heavy atom. The van der Waals surface area contributed by atoms with E-state index in [0.29, 0.717) is 17.5 Å². The van der Waals surface area contributed by atoms with E-state index in [1.807, 2.05) is 0 Å². The topological polar surface area (TPSA) is 15.5 Å². The molecular weight excluding hydrogens is 356 g/mol. The van der Waals surface area contributed by atoms with Crippen LogP contribution in [-0.2, 0) is 4.74 Å². The van der Waals surface area contributed by atoms with Gasteiger partial charge in [-0.2, -0.15) is 4.58 Å². The van der Waals surface area contributed by atoms with Gasteiger partial charge in [-0.1, -0.05) is 30.4 Å². The summed E-state index contributed by atoms with van der Waals surface area (Å²) in [7, 11) is 4.40. The molecule has 0 aromatic rings. The lowest BCUT2D eigenvalue weighted by atomic mass is 9.85. The van der Waals surface area contributed by atoms with Gasteiger partial charge in [-0.15, -0.1) is 11.6 Å². The van der Waals surface area contributed by atoms with E-state index in [9.17, 15) is 0 Å². The quantitative estimate of drug-likeness (QED) is 0.368. The maximum atomic E-state index is 6.37. The third-order valence-electron chi connectivity index (χ3n) is 6.41. The maximum Gasteiger partial charge on any atom is 0.363 e. The minimum Gasteiger partial charge on any atom is -0.434 e. The number of hydrogen-bond donors (Lipinski definition) is 0. The van der Waals surface area contributed by atoms with Crippen molar-refractivity contribution in [2.24, 2.45) is 5.92 Å². The fraction of sp³-hybridized carbons (Fsp3) is 0.696. The van der Waals surface area contributed by atoms with E-state index in [-0.39, 0.29) is 0 Å². The van der Waals surface area contributed by atoms with Crippen molar-refractivity contribution >= 4 is 17.5 Å². The number of rotatable bonds is 6. The predicted octanol–water partition coefficient (Wildman–Crippen LogP) is 4.77. The molecule has 3 aliphatic rings. The smallest absolute Gasteiger partial charge is 0.363 e. The lowest BCUT2D eigenvalue weighted by Gasteiger charge is -2.31. The van der Waals surface area contributed by atoms with E-state index in [2.05, 4.69) is 67.0 Å². The number of nitrogens with zero attached hydrogens (tertiary/aromatic N) is 2. The first-order valence-electron chi connectivity index (χ1n) is 10.7. The van der Waals surface area contributed by atoms with E-state index in [0.717, 1.165) is 43.7 Å². The second kappa shape index (κ2) is 9.93. The number of hydrogen-bond acceptors (Lipinski definition) is 2. The van der Waals surface area contributed by atoms with Crippen LogP contribution in [0.3, 0.4) is 0 Å². The molecule has 2 aliphatic carbocycles. The Morgan fingerprint density at radius 3 is 2.48 bits per heavy atom. The fourth-order valence-corrected chi connectivity index (χ4v) is 5.05. The number of ether oxygens (including phenoxy) is 1. The van der Waals surface area contributed by atoms with Crippen molar-refractivity contribution < 1.29 is 9.31 Å². The van der Waals surface area contributed by atoms with Gasteiger partial charge in [0, 0.05) is 23.9 Å². The summed E-state index contributed by atoms with van der Waals surface area (Å²) in [5, 5.41) is 0.296. The molecular formula is C23H36ClN2O+. The molecule has 27 heavy (non-hydrogen) atoms. The molecule has 0 aromatic heterocycles. The highest BCUT2D eigenvalue weighted by molar-refractivity contribution is 6.20. The zero-order valence-corrected chi connectivity index (χ0v) is 17.9. The van der Waals surface area contributed by atoms with E-state index in [4.69, 9.17) is 16.3 Å². The van der Waals surface area contributed by atoms with Crippen LogP contribution in [0.15, 0.2) is 36.5 Å². The average Bonchev–Trinajstić information content (AvgIpc) is 3.01. The second-order valence-corrected chi connectivity index (χ2v) is 9.04. The molecule has 150 valence electrons. The Labute approximate surface area is 170 Å². The normalized spacial score (nSPS) is 34.9. The van der Waals surface area contributed by atoms with Gasteiger partial charge in [-0.3, -0.25) is 0 Å². The van der Waals surface area contributed by atoms with Gasteiger partial charge in [0.25, 0.3) is 0 Å². The summed E-state index contributed by atoms with van der Waals surface area (Å²) in [4.78, 5) is 2.37. The molecule has 3 nitrogen and oxygen atoms in total. The summed E-state index contributed by atoms with van der Waals surface area (Å²) in [6.07, 6.45) is 21.8. The van der Waals surface area contributed by atoms with Crippen molar-refractivity contribution in [3.8, 4) is 0 Å². The summed E-state index contributed by atoms with van der Waals surface area (Å²) in [6.45, 7) is 3.17. The SMILES string of the molecule is CC[N+]1=C(C=CC=CC=CC2CCC(N(C)C)CC2)OC2CCC(Cl)CC21. The first-order chi connectivity index (χ1) is 13.1. The molecule has 4 heteroatoms. The van der Waals surface area contributed by atoms with Gasteiger partial charge in [0.2, 0.25) is 0 Å². The summed E-state index contributed by atoms with van der Waals surface area (Å²) < 4.78 is 8.57. The summed E-state index contributed by atoms with van der Waals surface area (Å²) in [5.74, 6) is 1.75. The second-order valence-electron chi connectivity index (χ2n) is 8.42. The van der Waals surface area contributed by atoms with Crippen molar-refractivity contribution in [3.05, 3.63) is 36.5 Å². The minimum absolute atomic E-state index is 0.296. The van der Waals surface area contributed by atoms with Gasteiger partial charge >= 0.3 is 5.90 Å². The average molecular weight is 392 g/mol. The van der Waals surface area contributed by atoms with Crippen LogP contribution >= 0.6 is 11.6 Å². The molecule has 2 saturated carbocycles. The van der Waals surface area contributed by atoms with E-state index in [1.165, 1.54) is 25.7 Å². The molecule has 0 saturated heterocycles. The number of likely N-dealkylation sites (N-methyl/N-ethyl adjacent to an activating group) is 1. The van der Waals surface area contributed by atoms with Crippen LogP contribution < -0.4 is 0 Å². The highest BCUT2D eigenvalue weighted by Crippen LogP contribution is 2.31. The lowest BCUT2D eigenvalue weighted by molar-refractivity contribution is -0.558. The van der Waals surface area contributed by atoms with Crippen LogP contribution in [-0.4, -0.2) is 59.6 Å². The Bertz CT molecular complexity index is 599. The molecule has 1 aliphatic heterocycles. The van der Waals surface area contributed by atoms with Gasteiger partial charge in [0.1, 0.15) is 6.54 Å². The highest BCUT2D eigenvalue weighted by atomic mass is 35.5. The zero-order valence-electron chi connectivity index (χ0n) is 17.2. The number of allylic oxidation sites excluding steroid dienone is 5. The molecule has 0 bridgehead atoms. The zero-order chi connectivity index (χ0) is 19.2. The highest BCUT2D eigenvalue weighted by Gasteiger charge is 2.45.